The monoisotopic (exact) mass is 369 g/mol. The molecule has 0 atom stereocenters. The van der Waals surface area contributed by atoms with E-state index in [0.717, 1.165) is 30.0 Å². The molecule has 0 saturated carbocycles. The smallest absolute Gasteiger partial charge is 0.229 e. The summed E-state index contributed by atoms with van der Waals surface area (Å²) in [4.78, 5) is 11.6. The lowest BCUT2D eigenvalue weighted by Gasteiger charge is -2.19. The summed E-state index contributed by atoms with van der Waals surface area (Å²) in [7, 11) is 1.66. The quantitative estimate of drug-likeness (QED) is 0.652. The third kappa shape index (κ3) is 3.94. The van der Waals surface area contributed by atoms with Crippen LogP contribution in [0.15, 0.2) is 24.3 Å². The van der Waals surface area contributed by atoms with E-state index in [1.165, 1.54) is 0 Å². The van der Waals surface area contributed by atoms with Gasteiger partial charge in [-0.1, -0.05) is 17.3 Å². The van der Waals surface area contributed by atoms with Crippen LogP contribution in [-0.4, -0.2) is 45.2 Å². The van der Waals surface area contributed by atoms with Crippen LogP contribution in [0.1, 0.15) is 39.3 Å². The molecule has 0 unspecified atom stereocenters. The largest absolute Gasteiger partial charge is 0.497 e. The van der Waals surface area contributed by atoms with E-state index in [1.807, 2.05) is 28.9 Å². The molecule has 1 N–H and O–H groups in total. The Morgan fingerprint density at radius 1 is 1.11 bits per heavy atom. The number of ether oxygens (including phenoxy) is 1. The second-order valence-electron chi connectivity index (χ2n) is 6.55. The Morgan fingerprint density at radius 2 is 1.81 bits per heavy atom. The first-order valence-electron chi connectivity index (χ1n) is 9.32. The van der Waals surface area contributed by atoms with Crippen molar-refractivity contribution in [2.24, 2.45) is 0 Å². The molecule has 3 rings (SSSR count). The Kier molecular flexibility index (Phi) is 5.73. The summed E-state index contributed by atoms with van der Waals surface area (Å²) in [5, 5.41) is 12.0. The van der Waals surface area contributed by atoms with Gasteiger partial charge in [0.05, 0.1) is 13.2 Å². The molecule has 0 aliphatic rings. The topological polar surface area (TPSA) is 81.0 Å². The molecule has 1 aromatic carbocycles. The number of rotatable bonds is 8. The zero-order valence-corrected chi connectivity index (χ0v) is 16.6. The van der Waals surface area contributed by atoms with Crippen LogP contribution in [-0.2, 0) is 6.54 Å². The molecule has 3 aromatic rings. The second-order valence-corrected chi connectivity index (χ2v) is 6.55. The van der Waals surface area contributed by atoms with Gasteiger partial charge >= 0.3 is 0 Å². The van der Waals surface area contributed by atoms with E-state index < -0.39 is 0 Å². The van der Waals surface area contributed by atoms with E-state index in [4.69, 9.17) is 14.7 Å². The highest BCUT2D eigenvalue weighted by Crippen LogP contribution is 2.24. The Morgan fingerprint density at radius 3 is 2.41 bits per heavy atom. The van der Waals surface area contributed by atoms with Crippen LogP contribution in [0.2, 0.25) is 0 Å². The van der Waals surface area contributed by atoms with Gasteiger partial charge in [-0.15, -0.1) is 5.10 Å². The number of anilines is 2. The molecule has 8 heteroatoms. The summed E-state index contributed by atoms with van der Waals surface area (Å²) >= 11 is 0. The van der Waals surface area contributed by atoms with Crippen molar-refractivity contribution < 1.29 is 4.74 Å². The molecule has 0 aliphatic heterocycles. The van der Waals surface area contributed by atoms with Gasteiger partial charge in [-0.05, 0) is 45.4 Å². The van der Waals surface area contributed by atoms with Crippen molar-refractivity contribution in [1.29, 1.82) is 0 Å². The summed E-state index contributed by atoms with van der Waals surface area (Å²) in [6.07, 6.45) is 0. The maximum Gasteiger partial charge on any atom is 0.229 e. The fraction of sp³-hybridized carbons (Fsp3) is 0.474. The zero-order chi connectivity index (χ0) is 19.4. The van der Waals surface area contributed by atoms with Crippen molar-refractivity contribution in [2.75, 3.05) is 30.4 Å². The van der Waals surface area contributed by atoms with E-state index in [9.17, 15) is 0 Å². The van der Waals surface area contributed by atoms with Crippen LogP contribution < -0.4 is 15.0 Å². The minimum absolute atomic E-state index is 0.170. The van der Waals surface area contributed by atoms with Gasteiger partial charge in [0.25, 0.3) is 0 Å². The fourth-order valence-corrected chi connectivity index (χ4v) is 2.87. The van der Waals surface area contributed by atoms with Gasteiger partial charge in [0, 0.05) is 19.6 Å². The lowest BCUT2D eigenvalue weighted by Crippen LogP contribution is -2.25. The van der Waals surface area contributed by atoms with Crippen LogP contribution in [0.25, 0.3) is 11.2 Å². The molecule has 0 amide bonds. The summed E-state index contributed by atoms with van der Waals surface area (Å²) < 4.78 is 7.05. The first-order chi connectivity index (χ1) is 13.1. The molecule has 144 valence electrons. The Hall–Kier alpha value is -2.90. The normalized spacial score (nSPS) is 11.2. The third-order valence-corrected chi connectivity index (χ3v) is 4.47. The van der Waals surface area contributed by atoms with Crippen molar-refractivity contribution in [1.82, 2.24) is 25.0 Å². The lowest BCUT2D eigenvalue weighted by molar-refractivity contribution is 0.414. The number of methoxy groups -OCH3 is 1. The number of hydrogen-bond donors (Lipinski definition) is 1. The first kappa shape index (κ1) is 18.9. The zero-order valence-electron chi connectivity index (χ0n) is 16.6. The van der Waals surface area contributed by atoms with Gasteiger partial charge in [-0.2, -0.15) is 9.97 Å². The van der Waals surface area contributed by atoms with E-state index in [-0.39, 0.29) is 6.04 Å². The van der Waals surface area contributed by atoms with Gasteiger partial charge in [-0.3, -0.25) is 0 Å². The van der Waals surface area contributed by atoms with Gasteiger partial charge < -0.3 is 15.0 Å². The molecule has 0 bridgehead atoms. The van der Waals surface area contributed by atoms with Crippen LogP contribution in [0.4, 0.5) is 11.8 Å². The van der Waals surface area contributed by atoms with Crippen LogP contribution >= 0.6 is 0 Å². The average Bonchev–Trinajstić information content (AvgIpc) is 3.12. The maximum absolute atomic E-state index is 5.21. The number of nitrogens with zero attached hydrogens (tertiary/aromatic N) is 6. The highest BCUT2D eigenvalue weighted by molar-refractivity contribution is 5.83. The van der Waals surface area contributed by atoms with Gasteiger partial charge in [0.2, 0.25) is 5.95 Å². The standard InChI is InChI=1S/C19H27N7O/c1-6-25(7-2)19-21-17(16-18(22-19)26(13(3)4)24-23-16)20-12-14-8-10-15(27-5)11-9-14/h8-11,13H,6-7,12H2,1-5H3,(H,20,21,22). The Labute approximate surface area is 159 Å². The molecular formula is C19H27N7O. The van der Waals surface area contributed by atoms with Crippen molar-refractivity contribution in [3.63, 3.8) is 0 Å². The second kappa shape index (κ2) is 8.20. The molecule has 2 heterocycles. The number of fused-ring (bicyclic) bond motifs is 1. The van der Waals surface area contributed by atoms with Crippen LogP contribution in [0, 0.1) is 0 Å². The van der Waals surface area contributed by atoms with Crippen LogP contribution in [0.3, 0.4) is 0 Å². The fourth-order valence-electron chi connectivity index (χ4n) is 2.87. The highest BCUT2D eigenvalue weighted by Gasteiger charge is 2.18. The maximum atomic E-state index is 5.21. The van der Waals surface area contributed by atoms with Crippen LogP contribution in [0.5, 0.6) is 5.75 Å². The highest BCUT2D eigenvalue weighted by atomic mass is 16.5. The molecule has 8 nitrogen and oxygen atoms in total. The average molecular weight is 369 g/mol. The summed E-state index contributed by atoms with van der Waals surface area (Å²) in [6.45, 7) is 10.6. The molecule has 0 saturated heterocycles. The van der Waals surface area contributed by atoms with Crippen molar-refractivity contribution >= 4 is 22.9 Å². The predicted octanol–water partition coefficient (Wildman–Crippen LogP) is 3.27. The van der Waals surface area contributed by atoms with E-state index >= 15 is 0 Å². The SMILES string of the molecule is CCN(CC)c1nc(NCc2ccc(OC)cc2)c2nnn(C(C)C)c2n1. The molecule has 27 heavy (non-hydrogen) atoms. The number of nitrogens with one attached hydrogen (secondary N) is 1. The number of hydrogen-bond acceptors (Lipinski definition) is 7. The summed E-state index contributed by atoms with van der Waals surface area (Å²) in [5.74, 6) is 2.23. The van der Waals surface area contributed by atoms with Crippen molar-refractivity contribution in [2.45, 2.75) is 40.3 Å². The number of aromatic nitrogens is 5. The summed E-state index contributed by atoms with van der Waals surface area (Å²) in [5.41, 5.74) is 2.57. The lowest BCUT2D eigenvalue weighted by atomic mass is 10.2. The van der Waals surface area contributed by atoms with Crippen molar-refractivity contribution in [3.05, 3.63) is 29.8 Å². The molecule has 0 spiro atoms. The minimum atomic E-state index is 0.170. The molecule has 0 aliphatic carbocycles. The Bertz CT molecular complexity index is 885. The van der Waals surface area contributed by atoms with Gasteiger partial charge in [0.1, 0.15) is 5.75 Å². The predicted molar refractivity (Wildman–Crippen MR) is 107 cm³/mol. The molecule has 2 aromatic heterocycles. The number of benzene rings is 1. The van der Waals surface area contributed by atoms with E-state index in [0.29, 0.717) is 23.8 Å². The van der Waals surface area contributed by atoms with E-state index in [2.05, 4.69) is 48.2 Å². The molecular weight excluding hydrogens is 342 g/mol. The molecule has 0 radical (unpaired) electrons. The molecule has 0 fully saturated rings. The van der Waals surface area contributed by atoms with Crippen molar-refractivity contribution in [3.8, 4) is 5.75 Å². The third-order valence-electron chi connectivity index (χ3n) is 4.47. The van der Waals surface area contributed by atoms with E-state index in [1.54, 1.807) is 7.11 Å². The van der Waals surface area contributed by atoms with Gasteiger partial charge in [-0.25, -0.2) is 4.68 Å². The van der Waals surface area contributed by atoms with Gasteiger partial charge in [0.15, 0.2) is 17.0 Å². The first-order valence-corrected chi connectivity index (χ1v) is 9.32. The Balaban J connectivity index is 1.96. The minimum Gasteiger partial charge on any atom is -0.497 e. The summed E-state index contributed by atoms with van der Waals surface area (Å²) in [6, 6.07) is 8.12.